The van der Waals surface area contributed by atoms with Crippen LogP contribution < -0.4 is 0 Å². The van der Waals surface area contributed by atoms with E-state index in [4.69, 9.17) is 4.74 Å². The highest BCUT2D eigenvalue weighted by Crippen LogP contribution is 2.25. The summed E-state index contributed by atoms with van der Waals surface area (Å²) in [7, 11) is 3.07. The first kappa shape index (κ1) is 16.4. The summed E-state index contributed by atoms with van der Waals surface area (Å²) in [6, 6.07) is 5.02. The van der Waals surface area contributed by atoms with Gasteiger partial charge in [0.2, 0.25) is 0 Å². The average Bonchev–Trinajstić information content (AvgIpc) is 2.89. The standard InChI is InChI=1S/C17H21N3O4/c1-10-4-5-13-12(8-10)15(18-19(13)2)16(22)20-7-6-11(21)9-14(20)17(23)24-3/h4-5,8,11,14,21H,6-7,9H2,1-3H3/t11-,14+/m1/s1. The van der Waals surface area contributed by atoms with Gasteiger partial charge in [0.05, 0.1) is 18.7 Å². The van der Waals surface area contributed by atoms with Crippen LogP contribution in [-0.2, 0) is 16.6 Å². The fourth-order valence-electron chi connectivity index (χ4n) is 3.22. The molecule has 128 valence electrons. The highest BCUT2D eigenvalue weighted by Gasteiger charge is 2.38. The fraction of sp³-hybridized carbons (Fsp3) is 0.471. The molecule has 1 aliphatic heterocycles. The van der Waals surface area contributed by atoms with Crippen LogP contribution in [0, 0.1) is 6.92 Å². The molecule has 3 rings (SSSR count). The number of carbonyl (C=O) groups is 2. The van der Waals surface area contributed by atoms with Crippen LogP contribution in [0.4, 0.5) is 0 Å². The molecule has 7 nitrogen and oxygen atoms in total. The number of aliphatic hydroxyl groups is 1. The predicted molar refractivity (Wildman–Crippen MR) is 87.5 cm³/mol. The maximum atomic E-state index is 13.0. The SMILES string of the molecule is COC(=O)[C@@H]1C[C@H](O)CCN1C(=O)c1nn(C)c2ccc(C)cc12. The van der Waals surface area contributed by atoms with Gasteiger partial charge in [0.25, 0.3) is 5.91 Å². The smallest absolute Gasteiger partial charge is 0.328 e. The van der Waals surface area contributed by atoms with Crippen LogP contribution in [0.2, 0.25) is 0 Å². The molecule has 0 radical (unpaired) electrons. The molecule has 1 aromatic carbocycles. The monoisotopic (exact) mass is 331 g/mol. The van der Waals surface area contributed by atoms with Crippen molar-refractivity contribution in [3.05, 3.63) is 29.5 Å². The molecular weight excluding hydrogens is 310 g/mol. The minimum atomic E-state index is -0.784. The van der Waals surface area contributed by atoms with Gasteiger partial charge in [-0.2, -0.15) is 5.10 Å². The fourth-order valence-corrected chi connectivity index (χ4v) is 3.22. The van der Waals surface area contributed by atoms with Crippen molar-refractivity contribution in [3.8, 4) is 0 Å². The highest BCUT2D eigenvalue weighted by molar-refractivity contribution is 6.06. The van der Waals surface area contributed by atoms with Crippen molar-refractivity contribution in [1.82, 2.24) is 14.7 Å². The van der Waals surface area contributed by atoms with E-state index in [1.54, 1.807) is 11.7 Å². The Hall–Kier alpha value is -2.41. The van der Waals surface area contributed by atoms with Crippen LogP contribution in [0.25, 0.3) is 10.9 Å². The Labute approximate surface area is 139 Å². The Balaban J connectivity index is 2.01. The number of rotatable bonds is 2. The Kier molecular flexibility index (Phi) is 4.28. The molecule has 1 aromatic heterocycles. The first-order valence-corrected chi connectivity index (χ1v) is 7.92. The van der Waals surface area contributed by atoms with Crippen molar-refractivity contribution in [2.24, 2.45) is 7.05 Å². The molecule has 1 fully saturated rings. The number of amides is 1. The van der Waals surface area contributed by atoms with E-state index in [2.05, 4.69) is 5.10 Å². The van der Waals surface area contributed by atoms with Gasteiger partial charge in [0.15, 0.2) is 5.69 Å². The molecule has 2 heterocycles. The molecule has 1 aliphatic rings. The molecule has 7 heteroatoms. The van der Waals surface area contributed by atoms with Crippen LogP contribution in [0.1, 0.15) is 28.9 Å². The number of ether oxygens (including phenoxy) is 1. The summed E-state index contributed by atoms with van der Waals surface area (Å²) in [5.41, 5.74) is 2.21. The van der Waals surface area contributed by atoms with E-state index in [0.717, 1.165) is 16.5 Å². The Morgan fingerprint density at radius 3 is 2.83 bits per heavy atom. The lowest BCUT2D eigenvalue weighted by atomic mass is 9.98. The zero-order valence-corrected chi connectivity index (χ0v) is 14.0. The molecule has 2 aromatic rings. The van der Waals surface area contributed by atoms with Gasteiger partial charge in [0, 0.05) is 25.4 Å². The van der Waals surface area contributed by atoms with Crippen LogP contribution >= 0.6 is 0 Å². The molecule has 1 N–H and O–H groups in total. The molecule has 0 spiro atoms. The maximum absolute atomic E-state index is 13.0. The molecule has 0 bridgehead atoms. The van der Waals surface area contributed by atoms with Crippen molar-refractivity contribution >= 4 is 22.8 Å². The zero-order valence-electron chi connectivity index (χ0n) is 14.0. The third-order valence-electron chi connectivity index (χ3n) is 4.52. The lowest BCUT2D eigenvalue weighted by molar-refractivity contribution is -0.148. The van der Waals surface area contributed by atoms with Gasteiger partial charge >= 0.3 is 5.97 Å². The number of aromatic nitrogens is 2. The minimum Gasteiger partial charge on any atom is -0.467 e. The molecule has 0 saturated carbocycles. The normalized spacial score (nSPS) is 21.1. The lowest BCUT2D eigenvalue weighted by Crippen LogP contribution is -2.51. The lowest BCUT2D eigenvalue weighted by Gasteiger charge is -2.35. The molecule has 0 aliphatic carbocycles. The Morgan fingerprint density at radius 2 is 2.12 bits per heavy atom. The van der Waals surface area contributed by atoms with Crippen LogP contribution in [0.5, 0.6) is 0 Å². The number of benzene rings is 1. The Bertz CT molecular complexity index is 798. The average molecular weight is 331 g/mol. The predicted octanol–water partition coefficient (Wildman–Crippen LogP) is 1.02. The summed E-state index contributed by atoms with van der Waals surface area (Å²) >= 11 is 0. The van der Waals surface area contributed by atoms with E-state index in [1.165, 1.54) is 12.0 Å². The summed E-state index contributed by atoms with van der Waals surface area (Å²) in [6.07, 6.45) is 0.00600. The second-order valence-electron chi connectivity index (χ2n) is 6.21. The summed E-state index contributed by atoms with van der Waals surface area (Å²) in [5.74, 6) is -0.827. The molecule has 1 amide bonds. The molecular formula is C17H21N3O4. The third kappa shape index (κ3) is 2.75. The van der Waals surface area contributed by atoms with E-state index in [9.17, 15) is 14.7 Å². The summed E-state index contributed by atoms with van der Waals surface area (Å²) in [5, 5.41) is 15.0. The molecule has 1 saturated heterocycles. The van der Waals surface area contributed by atoms with Crippen molar-refractivity contribution in [3.63, 3.8) is 0 Å². The first-order chi connectivity index (χ1) is 11.4. The summed E-state index contributed by atoms with van der Waals surface area (Å²) in [6.45, 7) is 2.25. The number of methoxy groups -OCH3 is 1. The largest absolute Gasteiger partial charge is 0.467 e. The van der Waals surface area contributed by atoms with Gasteiger partial charge in [-0.1, -0.05) is 11.6 Å². The van der Waals surface area contributed by atoms with E-state index < -0.39 is 18.1 Å². The van der Waals surface area contributed by atoms with Gasteiger partial charge in [-0.25, -0.2) is 4.79 Å². The Morgan fingerprint density at radius 1 is 1.38 bits per heavy atom. The number of hydrogen-bond acceptors (Lipinski definition) is 5. The number of esters is 1. The number of aliphatic hydroxyl groups excluding tert-OH is 1. The maximum Gasteiger partial charge on any atom is 0.328 e. The van der Waals surface area contributed by atoms with Crippen LogP contribution in [0.15, 0.2) is 18.2 Å². The minimum absolute atomic E-state index is 0.183. The molecule has 24 heavy (non-hydrogen) atoms. The van der Waals surface area contributed by atoms with Crippen LogP contribution in [-0.4, -0.2) is 57.5 Å². The molecule has 2 atom stereocenters. The number of aryl methyl sites for hydroxylation is 2. The number of piperidine rings is 1. The van der Waals surface area contributed by atoms with E-state index in [0.29, 0.717) is 18.7 Å². The van der Waals surface area contributed by atoms with Crippen molar-refractivity contribution in [1.29, 1.82) is 0 Å². The van der Waals surface area contributed by atoms with Crippen LogP contribution in [0.3, 0.4) is 0 Å². The van der Waals surface area contributed by atoms with Gasteiger partial charge in [-0.3, -0.25) is 9.48 Å². The third-order valence-corrected chi connectivity index (χ3v) is 4.52. The quantitative estimate of drug-likeness (QED) is 0.831. The number of carbonyl (C=O) groups excluding carboxylic acids is 2. The van der Waals surface area contributed by atoms with Gasteiger partial charge in [-0.05, 0) is 25.5 Å². The van der Waals surface area contributed by atoms with E-state index in [1.807, 2.05) is 25.1 Å². The highest BCUT2D eigenvalue weighted by atomic mass is 16.5. The second kappa shape index (κ2) is 6.24. The zero-order chi connectivity index (χ0) is 17.4. The van der Waals surface area contributed by atoms with E-state index >= 15 is 0 Å². The summed E-state index contributed by atoms with van der Waals surface area (Å²) in [4.78, 5) is 26.5. The van der Waals surface area contributed by atoms with Gasteiger partial charge in [-0.15, -0.1) is 0 Å². The first-order valence-electron chi connectivity index (χ1n) is 7.92. The van der Waals surface area contributed by atoms with E-state index in [-0.39, 0.29) is 12.3 Å². The van der Waals surface area contributed by atoms with Crippen molar-refractivity contribution in [2.75, 3.05) is 13.7 Å². The molecule has 0 unspecified atom stereocenters. The number of likely N-dealkylation sites (tertiary alicyclic amines) is 1. The summed E-state index contributed by atoms with van der Waals surface area (Å²) < 4.78 is 6.46. The van der Waals surface area contributed by atoms with Gasteiger partial charge < -0.3 is 14.7 Å². The van der Waals surface area contributed by atoms with Crippen molar-refractivity contribution in [2.45, 2.75) is 31.9 Å². The number of nitrogens with zero attached hydrogens (tertiary/aromatic N) is 3. The van der Waals surface area contributed by atoms with Crippen molar-refractivity contribution < 1.29 is 19.4 Å². The topological polar surface area (TPSA) is 84.7 Å². The number of hydrogen-bond donors (Lipinski definition) is 1. The van der Waals surface area contributed by atoms with Gasteiger partial charge in [0.1, 0.15) is 6.04 Å². The second-order valence-corrected chi connectivity index (χ2v) is 6.21. The number of fused-ring (bicyclic) bond motifs is 1.